The predicted octanol–water partition coefficient (Wildman–Crippen LogP) is 0.929. The van der Waals surface area contributed by atoms with Crippen molar-refractivity contribution in [3.63, 3.8) is 0 Å². The molecule has 0 spiro atoms. The van der Waals surface area contributed by atoms with E-state index >= 15 is 0 Å². The lowest BCUT2D eigenvalue weighted by atomic mass is 10.2. The quantitative estimate of drug-likeness (QED) is 0.797. The van der Waals surface area contributed by atoms with Gasteiger partial charge >= 0.3 is 0 Å². The van der Waals surface area contributed by atoms with E-state index in [-0.39, 0.29) is 0 Å². The molecule has 1 aromatic heterocycles. The maximum absolute atomic E-state index is 5.23. The Morgan fingerprint density at radius 2 is 2.42 bits per heavy atom. The minimum absolute atomic E-state index is 0.633. The lowest BCUT2D eigenvalue weighted by Crippen LogP contribution is -2.38. The molecule has 0 saturated carbocycles. The van der Waals surface area contributed by atoms with E-state index in [0.29, 0.717) is 6.04 Å². The highest BCUT2D eigenvalue weighted by molar-refractivity contribution is 5.15. The number of methoxy groups -OCH3 is 1. The molecule has 5 heteroatoms. The van der Waals surface area contributed by atoms with Crippen LogP contribution in [0.1, 0.15) is 24.1 Å². The first-order valence-corrected chi connectivity index (χ1v) is 7.13. The second-order valence-electron chi connectivity index (χ2n) is 5.43. The fraction of sp³-hybridized carbons (Fsp3) is 0.786. The fourth-order valence-electron chi connectivity index (χ4n) is 2.72. The summed E-state index contributed by atoms with van der Waals surface area (Å²) >= 11 is 0. The summed E-state index contributed by atoms with van der Waals surface area (Å²) in [5, 5.41) is 7.99. The third-order valence-corrected chi connectivity index (χ3v) is 3.76. The molecule has 0 radical (unpaired) electrons. The van der Waals surface area contributed by atoms with Crippen molar-refractivity contribution in [2.24, 2.45) is 7.05 Å². The Balaban J connectivity index is 1.93. The van der Waals surface area contributed by atoms with Crippen molar-refractivity contribution in [2.45, 2.75) is 32.4 Å². The number of aromatic nitrogens is 2. The van der Waals surface area contributed by atoms with Crippen molar-refractivity contribution in [1.29, 1.82) is 0 Å². The monoisotopic (exact) mass is 266 g/mol. The molecule has 108 valence electrons. The number of nitrogens with zero attached hydrogens (tertiary/aromatic N) is 3. The number of hydrogen-bond donors (Lipinski definition) is 1. The average Bonchev–Trinajstić information content (AvgIpc) is 2.97. The zero-order valence-electron chi connectivity index (χ0n) is 12.4. The van der Waals surface area contributed by atoms with Gasteiger partial charge in [0.2, 0.25) is 0 Å². The van der Waals surface area contributed by atoms with Gasteiger partial charge in [-0.15, -0.1) is 0 Å². The highest BCUT2D eigenvalue weighted by Crippen LogP contribution is 2.12. The molecule has 1 unspecified atom stereocenters. The van der Waals surface area contributed by atoms with E-state index in [1.807, 2.05) is 11.7 Å². The lowest BCUT2D eigenvalue weighted by Gasteiger charge is -2.25. The number of ether oxygens (including phenoxy) is 1. The Kier molecular flexibility index (Phi) is 5.36. The van der Waals surface area contributed by atoms with Crippen LogP contribution in [0, 0.1) is 6.92 Å². The summed E-state index contributed by atoms with van der Waals surface area (Å²) in [7, 11) is 3.75. The molecular weight excluding hydrogens is 240 g/mol. The van der Waals surface area contributed by atoms with Crippen molar-refractivity contribution in [2.75, 3.05) is 33.4 Å². The number of nitrogens with one attached hydrogen (secondary N) is 1. The molecule has 5 nitrogen and oxygen atoms in total. The fourth-order valence-corrected chi connectivity index (χ4v) is 2.72. The van der Waals surface area contributed by atoms with E-state index in [2.05, 4.69) is 28.4 Å². The number of rotatable bonds is 7. The zero-order valence-corrected chi connectivity index (χ0v) is 12.4. The molecule has 0 aromatic carbocycles. The largest absolute Gasteiger partial charge is 0.383 e. The van der Waals surface area contributed by atoms with Gasteiger partial charge in [-0.2, -0.15) is 5.10 Å². The molecule has 1 fully saturated rings. The lowest BCUT2D eigenvalue weighted by molar-refractivity contribution is 0.138. The standard InChI is InChI=1S/C14H26N4O/c1-12-13(9-17(2)16-12)10-18(7-8-19-3)11-14-5-4-6-15-14/h9,14-15H,4-8,10-11H2,1-3H3. The summed E-state index contributed by atoms with van der Waals surface area (Å²) < 4.78 is 7.12. The van der Waals surface area contributed by atoms with Crippen LogP contribution in [0.2, 0.25) is 0 Å². The normalized spacial score (nSPS) is 19.5. The Labute approximate surface area is 115 Å². The zero-order chi connectivity index (χ0) is 13.7. The highest BCUT2D eigenvalue weighted by atomic mass is 16.5. The van der Waals surface area contributed by atoms with E-state index < -0.39 is 0 Å². The molecule has 2 rings (SSSR count). The predicted molar refractivity (Wildman–Crippen MR) is 76.1 cm³/mol. The van der Waals surface area contributed by atoms with Gasteiger partial charge in [0.25, 0.3) is 0 Å². The minimum Gasteiger partial charge on any atom is -0.383 e. The Bertz CT molecular complexity index is 385. The smallest absolute Gasteiger partial charge is 0.0638 e. The Hall–Kier alpha value is -0.910. The summed E-state index contributed by atoms with van der Waals surface area (Å²) in [6.45, 7) is 7.06. The maximum atomic E-state index is 5.23. The van der Waals surface area contributed by atoms with Crippen LogP contribution in [0.5, 0.6) is 0 Å². The molecule has 0 amide bonds. The van der Waals surface area contributed by atoms with E-state index in [9.17, 15) is 0 Å². The first-order valence-electron chi connectivity index (χ1n) is 7.13. The van der Waals surface area contributed by atoms with Crippen LogP contribution in [0.4, 0.5) is 0 Å². The maximum Gasteiger partial charge on any atom is 0.0638 e. The summed E-state index contributed by atoms with van der Waals surface area (Å²) in [6, 6.07) is 0.633. The van der Waals surface area contributed by atoms with Crippen LogP contribution in [-0.2, 0) is 18.3 Å². The minimum atomic E-state index is 0.633. The van der Waals surface area contributed by atoms with Gasteiger partial charge in [0.1, 0.15) is 0 Å². The first kappa shape index (κ1) is 14.5. The van der Waals surface area contributed by atoms with E-state index in [0.717, 1.165) is 38.5 Å². The summed E-state index contributed by atoms with van der Waals surface area (Å²) in [5.74, 6) is 0. The topological polar surface area (TPSA) is 42.3 Å². The molecule has 1 aromatic rings. The van der Waals surface area contributed by atoms with Gasteiger partial charge in [0, 0.05) is 51.6 Å². The van der Waals surface area contributed by atoms with E-state index in [1.54, 1.807) is 7.11 Å². The number of hydrogen-bond acceptors (Lipinski definition) is 4. The second kappa shape index (κ2) is 7.03. The van der Waals surface area contributed by atoms with Gasteiger partial charge in [0.15, 0.2) is 0 Å². The molecule has 1 saturated heterocycles. The van der Waals surface area contributed by atoms with Crippen LogP contribution in [0.25, 0.3) is 0 Å². The van der Waals surface area contributed by atoms with E-state index in [1.165, 1.54) is 18.4 Å². The van der Waals surface area contributed by atoms with Crippen LogP contribution in [0.15, 0.2) is 6.20 Å². The molecule has 1 aliphatic heterocycles. The van der Waals surface area contributed by atoms with Crippen LogP contribution >= 0.6 is 0 Å². The third-order valence-electron chi connectivity index (χ3n) is 3.76. The molecule has 1 atom stereocenters. The average molecular weight is 266 g/mol. The van der Waals surface area contributed by atoms with Gasteiger partial charge in [0.05, 0.1) is 12.3 Å². The van der Waals surface area contributed by atoms with Crippen LogP contribution in [0.3, 0.4) is 0 Å². The first-order chi connectivity index (χ1) is 9.19. The van der Waals surface area contributed by atoms with Gasteiger partial charge in [-0.25, -0.2) is 0 Å². The second-order valence-corrected chi connectivity index (χ2v) is 5.43. The molecule has 0 bridgehead atoms. The Morgan fingerprint density at radius 3 is 3.00 bits per heavy atom. The van der Waals surface area contributed by atoms with Gasteiger partial charge in [-0.3, -0.25) is 9.58 Å². The number of aryl methyl sites for hydroxylation is 2. The van der Waals surface area contributed by atoms with Crippen molar-refractivity contribution < 1.29 is 4.74 Å². The van der Waals surface area contributed by atoms with Gasteiger partial charge < -0.3 is 10.1 Å². The van der Waals surface area contributed by atoms with Crippen LogP contribution < -0.4 is 5.32 Å². The molecule has 1 N–H and O–H groups in total. The highest BCUT2D eigenvalue weighted by Gasteiger charge is 2.18. The molecule has 1 aliphatic rings. The van der Waals surface area contributed by atoms with Gasteiger partial charge in [-0.05, 0) is 26.3 Å². The van der Waals surface area contributed by atoms with Crippen molar-refractivity contribution in [1.82, 2.24) is 20.0 Å². The molecular formula is C14H26N4O. The van der Waals surface area contributed by atoms with Crippen molar-refractivity contribution >= 4 is 0 Å². The van der Waals surface area contributed by atoms with Crippen molar-refractivity contribution in [3.05, 3.63) is 17.5 Å². The van der Waals surface area contributed by atoms with E-state index in [4.69, 9.17) is 4.74 Å². The van der Waals surface area contributed by atoms with Crippen molar-refractivity contribution in [3.8, 4) is 0 Å². The van der Waals surface area contributed by atoms with Gasteiger partial charge in [-0.1, -0.05) is 0 Å². The third kappa shape index (κ3) is 4.30. The summed E-state index contributed by atoms with van der Waals surface area (Å²) in [5.41, 5.74) is 2.45. The Morgan fingerprint density at radius 1 is 1.58 bits per heavy atom. The molecule has 0 aliphatic carbocycles. The SMILES string of the molecule is COCCN(Cc1cn(C)nc1C)CC1CCCN1. The summed E-state index contributed by atoms with van der Waals surface area (Å²) in [4.78, 5) is 2.47. The van der Waals surface area contributed by atoms with Crippen LogP contribution in [-0.4, -0.2) is 54.1 Å². The summed E-state index contributed by atoms with van der Waals surface area (Å²) in [6.07, 6.45) is 4.71. The molecule has 2 heterocycles. The molecule has 19 heavy (non-hydrogen) atoms.